The summed E-state index contributed by atoms with van der Waals surface area (Å²) in [4.78, 5) is 12.0. The smallest absolute Gasteiger partial charge is 0.416 e. The van der Waals surface area contributed by atoms with Gasteiger partial charge in [0.25, 0.3) is 5.91 Å². The molecule has 0 aliphatic rings. The molecule has 8 heteroatoms. The zero-order chi connectivity index (χ0) is 17.9. The predicted octanol–water partition coefficient (Wildman–Crippen LogP) is 4.90. The summed E-state index contributed by atoms with van der Waals surface area (Å²) in [5.74, 6) is -1.57. The number of ether oxygens (including phenoxy) is 1. The second-order valence-electron chi connectivity index (χ2n) is 4.87. The molecule has 128 valence electrons. The minimum absolute atomic E-state index is 0.0607. The number of hydrogen-bond donors (Lipinski definition) is 1. The topological polar surface area (TPSA) is 38.3 Å². The summed E-state index contributed by atoms with van der Waals surface area (Å²) in [5, 5.41) is 2.18. The monoisotopic (exact) mass is 361 g/mol. The van der Waals surface area contributed by atoms with E-state index in [1.54, 1.807) is 0 Å². The van der Waals surface area contributed by atoms with Crippen LogP contribution in [0.4, 0.5) is 23.2 Å². The highest BCUT2D eigenvalue weighted by Crippen LogP contribution is 2.33. The lowest BCUT2D eigenvalue weighted by atomic mass is 10.2. The summed E-state index contributed by atoms with van der Waals surface area (Å²) in [6.07, 6.45) is -5.72. The van der Waals surface area contributed by atoms with Gasteiger partial charge in [-0.15, -0.1) is 0 Å². The molecule has 0 bridgehead atoms. The molecule has 3 nitrogen and oxygen atoms in total. The maximum Gasteiger partial charge on any atom is 0.416 e. The molecule has 0 saturated heterocycles. The number of hydrogen-bond acceptors (Lipinski definition) is 2. The molecule has 1 atom stereocenters. The second kappa shape index (κ2) is 7.09. The number of carbonyl (C=O) groups excluding carboxylic acids is 1. The molecular weight excluding hydrogens is 350 g/mol. The Morgan fingerprint density at radius 1 is 1.21 bits per heavy atom. The largest absolute Gasteiger partial charge is 0.478 e. The van der Waals surface area contributed by atoms with Crippen LogP contribution in [0.25, 0.3) is 0 Å². The van der Waals surface area contributed by atoms with Gasteiger partial charge in [-0.3, -0.25) is 4.79 Å². The molecule has 0 saturated carbocycles. The molecule has 0 fully saturated rings. The Bertz CT molecular complexity index is 749. The number of alkyl halides is 3. The van der Waals surface area contributed by atoms with E-state index in [-0.39, 0.29) is 16.5 Å². The van der Waals surface area contributed by atoms with Crippen LogP contribution in [0.5, 0.6) is 5.75 Å². The van der Waals surface area contributed by atoms with Crippen molar-refractivity contribution in [3.05, 3.63) is 58.9 Å². The third kappa shape index (κ3) is 4.38. The Labute approximate surface area is 140 Å². The van der Waals surface area contributed by atoms with Gasteiger partial charge in [0.05, 0.1) is 16.3 Å². The van der Waals surface area contributed by atoms with Crippen LogP contribution in [0.15, 0.2) is 42.5 Å². The van der Waals surface area contributed by atoms with E-state index in [4.69, 9.17) is 16.3 Å². The van der Waals surface area contributed by atoms with E-state index < -0.39 is 29.6 Å². The maximum absolute atomic E-state index is 13.5. The molecule has 0 aliphatic heterocycles. The summed E-state index contributed by atoms with van der Waals surface area (Å²) in [6, 6.07) is 8.01. The Morgan fingerprint density at radius 2 is 1.88 bits per heavy atom. The number of rotatable bonds is 4. The number of benzene rings is 2. The standard InChI is InChI=1S/C16H12ClF4NO2/c1-9(24-14-5-3-2-4-12(14)18)15(23)22-13-8-10(16(19,20)21)6-7-11(13)17/h2-9H,1H3,(H,22,23). The molecule has 2 aromatic rings. The lowest BCUT2D eigenvalue weighted by Gasteiger charge is -2.16. The Balaban J connectivity index is 2.13. The average molecular weight is 362 g/mol. The van der Waals surface area contributed by atoms with E-state index in [1.807, 2.05) is 0 Å². The highest BCUT2D eigenvalue weighted by molar-refractivity contribution is 6.33. The van der Waals surface area contributed by atoms with Crippen molar-refractivity contribution in [3.8, 4) is 5.75 Å². The summed E-state index contributed by atoms with van der Waals surface area (Å²) < 4.78 is 56.8. The van der Waals surface area contributed by atoms with Gasteiger partial charge in [0.1, 0.15) is 0 Å². The Kier molecular flexibility index (Phi) is 5.33. The fraction of sp³-hybridized carbons (Fsp3) is 0.188. The van der Waals surface area contributed by atoms with Gasteiger partial charge < -0.3 is 10.1 Å². The normalized spacial score (nSPS) is 12.6. The predicted molar refractivity (Wildman–Crippen MR) is 81.6 cm³/mol. The average Bonchev–Trinajstić information content (AvgIpc) is 2.50. The van der Waals surface area contributed by atoms with E-state index in [2.05, 4.69) is 5.32 Å². The maximum atomic E-state index is 13.5. The lowest BCUT2D eigenvalue weighted by molar-refractivity contribution is -0.137. The zero-order valence-electron chi connectivity index (χ0n) is 12.3. The van der Waals surface area contributed by atoms with E-state index in [0.29, 0.717) is 0 Å². The van der Waals surface area contributed by atoms with Crippen molar-refractivity contribution in [3.63, 3.8) is 0 Å². The molecule has 24 heavy (non-hydrogen) atoms. The molecule has 1 amide bonds. The van der Waals surface area contributed by atoms with Crippen LogP contribution in [0, 0.1) is 5.82 Å². The molecule has 2 aromatic carbocycles. The minimum atomic E-state index is -4.57. The fourth-order valence-electron chi connectivity index (χ4n) is 1.82. The first-order chi connectivity index (χ1) is 11.2. The number of amides is 1. The quantitative estimate of drug-likeness (QED) is 0.786. The summed E-state index contributed by atoms with van der Waals surface area (Å²) in [5.41, 5.74) is -1.16. The fourth-order valence-corrected chi connectivity index (χ4v) is 1.98. The highest BCUT2D eigenvalue weighted by atomic mass is 35.5. The first-order valence-electron chi connectivity index (χ1n) is 6.77. The number of anilines is 1. The number of halogens is 5. The van der Waals surface area contributed by atoms with Crippen molar-refractivity contribution in [2.75, 3.05) is 5.32 Å². The SMILES string of the molecule is CC(Oc1ccccc1F)C(=O)Nc1cc(C(F)(F)F)ccc1Cl. The van der Waals surface area contributed by atoms with Crippen LogP contribution in [-0.2, 0) is 11.0 Å². The van der Waals surface area contributed by atoms with Gasteiger partial charge in [0.2, 0.25) is 0 Å². The highest BCUT2D eigenvalue weighted by Gasteiger charge is 2.31. The van der Waals surface area contributed by atoms with Crippen molar-refractivity contribution in [1.82, 2.24) is 0 Å². The molecule has 1 unspecified atom stereocenters. The first-order valence-corrected chi connectivity index (χ1v) is 7.15. The van der Waals surface area contributed by atoms with Crippen molar-refractivity contribution in [2.24, 2.45) is 0 Å². The summed E-state index contributed by atoms with van der Waals surface area (Å²) in [6.45, 7) is 1.34. The second-order valence-corrected chi connectivity index (χ2v) is 5.28. The molecular formula is C16H12ClF4NO2. The van der Waals surface area contributed by atoms with E-state index in [0.717, 1.165) is 24.3 Å². The van der Waals surface area contributed by atoms with E-state index >= 15 is 0 Å². The third-order valence-electron chi connectivity index (χ3n) is 3.06. The van der Waals surface area contributed by atoms with Crippen LogP contribution >= 0.6 is 11.6 Å². The Morgan fingerprint density at radius 3 is 2.50 bits per heavy atom. The van der Waals surface area contributed by atoms with Crippen LogP contribution in [0.1, 0.15) is 12.5 Å². The number of para-hydroxylation sites is 1. The van der Waals surface area contributed by atoms with Gasteiger partial charge in [0.15, 0.2) is 17.7 Å². The van der Waals surface area contributed by atoms with E-state index in [9.17, 15) is 22.4 Å². The van der Waals surface area contributed by atoms with Crippen LogP contribution < -0.4 is 10.1 Å². The number of nitrogens with one attached hydrogen (secondary N) is 1. The Hall–Kier alpha value is -2.28. The van der Waals surface area contributed by atoms with Gasteiger partial charge >= 0.3 is 6.18 Å². The summed E-state index contributed by atoms with van der Waals surface area (Å²) >= 11 is 5.80. The molecule has 0 radical (unpaired) electrons. The minimum Gasteiger partial charge on any atom is -0.478 e. The van der Waals surface area contributed by atoms with Crippen LogP contribution in [0.2, 0.25) is 5.02 Å². The molecule has 0 aliphatic carbocycles. The third-order valence-corrected chi connectivity index (χ3v) is 3.39. The van der Waals surface area contributed by atoms with Gasteiger partial charge in [-0.05, 0) is 37.3 Å². The molecule has 2 rings (SSSR count). The molecule has 0 spiro atoms. The molecule has 0 heterocycles. The van der Waals surface area contributed by atoms with Crippen molar-refractivity contribution in [2.45, 2.75) is 19.2 Å². The van der Waals surface area contributed by atoms with Gasteiger partial charge in [-0.2, -0.15) is 13.2 Å². The van der Waals surface area contributed by atoms with Gasteiger partial charge in [-0.1, -0.05) is 23.7 Å². The lowest BCUT2D eigenvalue weighted by Crippen LogP contribution is -2.30. The van der Waals surface area contributed by atoms with E-state index in [1.165, 1.54) is 25.1 Å². The number of carbonyl (C=O) groups is 1. The van der Waals surface area contributed by atoms with Crippen molar-refractivity contribution < 1.29 is 27.1 Å². The van der Waals surface area contributed by atoms with Gasteiger partial charge in [-0.25, -0.2) is 4.39 Å². The summed E-state index contributed by atoms with van der Waals surface area (Å²) in [7, 11) is 0. The van der Waals surface area contributed by atoms with Crippen LogP contribution in [0.3, 0.4) is 0 Å². The van der Waals surface area contributed by atoms with Crippen molar-refractivity contribution >= 4 is 23.2 Å². The molecule has 1 N–H and O–H groups in total. The zero-order valence-corrected chi connectivity index (χ0v) is 13.1. The molecule has 0 aromatic heterocycles. The van der Waals surface area contributed by atoms with Crippen LogP contribution in [-0.4, -0.2) is 12.0 Å². The van der Waals surface area contributed by atoms with Crippen molar-refractivity contribution in [1.29, 1.82) is 0 Å². The first kappa shape index (κ1) is 18.1. The van der Waals surface area contributed by atoms with Gasteiger partial charge in [0, 0.05) is 0 Å².